The number of hydrogen-bond donors (Lipinski definition) is 0. The Hall–Kier alpha value is -1.42. The van der Waals surface area contributed by atoms with E-state index in [9.17, 15) is 4.79 Å². The standard InChI is InChI=1S/C13H12BrNO2/c1-9(16)6-11-8-15-13(17-11)7-10-4-2-3-5-12(10)14/h2-5,8H,6-7H2,1H3. The highest BCUT2D eigenvalue weighted by Gasteiger charge is 2.08. The van der Waals surface area contributed by atoms with Crippen LogP contribution in [0, 0.1) is 0 Å². The van der Waals surface area contributed by atoms with Gasteiger partial charge in [-0.05, 0) is 18.6 Å². The molecule has 0 aliphatic rings. The van der Waals surface area contributed by atoms with E-state index < -0.39 is 0 Å². The zero-order chi connectivity index (χ0) is 12.3. The molecule has 0 saturated heterocycles. The Kier molecular flexibility index (Phi) is 3.74. The first-order valence-electron chi connectivity index (χ1n) is 5.31. The molecule has 0 bridgehead atoms. The van der Waals surface area contributed by atoms with Gasteiger partial charge in [0.05, 0.1) is 19.0 Å². The molecule has 1 heterocycles. The monoisotopic (exact) mass is 293 g/mol. The average molecular weight is 294 g/mol. The number of Topliss-reactive ketones (excluding diaryl/α,β-unsaturated/α-hetero) is 1. The van der Waals surface area contributed by atoms with Crippen LogP contribution in [0.1, 0.15) is 24.1 Å². The Morgan fingerprint density at radius 2 is 2.18 bits per heavy atom. The number of carbonyl (C=O) groups is 1. The number of rotatable bonds is 4. The van der Waals surface area contributed by atoms with Gasteiger partial charge in [0.15, 0.2) is 5.89 Å². The second-order valence-corrected chi connectivity index (χ2v) is 4.72. The maximum absolute atomic E-state index is 10.9. The Labute approximate surface area is 108 Å². The molecule has 3 nitrogen and oxygen atoms in total. The Bertz CT molecular complexity index is 534. The first-order valence-corrected chi connectivity index (χ1v) is 6.11. The van der Waals surface area contributed by atoms with Crippen LogP contribution in [0.4, 0.5) is 0 Å². The highest BCUT2D eigenvalue weighted by molar-refractivity contribution is 9.10. The van der Waals surface area contributed by atoms with E-state index in [0.717, 1.165) is 10.0 Å². The fourth-order valence-corrected chi connectivity index (χ4v) is 1.99. The minimum atomic E-state index is 0.0774. The van der Waals surface area contributed by atoms with Gasteiger partial charge in [-0.3, -0.25) is 4.79 Å². The van der Waals surface area contributed by atoms with E-state index in [4.69, 9.17) is 4.42 Å². The van der Waals surface area contributed by atoms with Crippen LogP contribution in [0.15, 0.2) is 39.4 Å². The van der Waals surface area contributed by atoms with Crippen molar-refractivity contribution in [3.05, 3.63) is 52.1 Å². The number of halogens is 1. The summed E-state index contributed by atoms with van der Waals surface area (Å²) >= 11 is 3.48. The van der Waals surface area contributed by atoms with Gasteiger partial charge < -0.3 is 4.42 Å². The molecule has 0 unspecified atom stereocenters. The van der Waals surface area contributed by atoms with Crippen molar-refractivity contribution in [1.82, 2.24) is 4.98 Å². The van der Waals surface area contributed by atoms with Crippen LogP contribution in [-0.2, 0) is 17.6 Å². The first kappa shape index (κ1) is 12.0. The van der Waals surface area contributed by atoms with Gasteiger partial charge in [0, 0.05) is 4.47 Å². The maximum atomic E-state index is 10.9. The lowest BCUT2D eigenvalue weighted by Gasteiger charge is -2.00. The predicted molar refractivity (Wildman–Crippen MR) is 67.8 cm³/mol. The van der Waals surface area contributed by atoms with Crippen LogP contribution in [0.5, 0.6) is 0 Å². The molecule has 4 heteroatoms. The summed E-state index contributed by atoms with van der Waals surface area (Å²) < 4.78 is 6.53. The van der Waals surface area contributed by atoms with Gasteiger partial charge in [-0.25, -0.2) is 4.98 Å². The van der Waals surface area contributed by atoms with E-state index in [0.29, 0.717) is 24.5 Å². The van der Waals surface area contributed by atoms with E-state index in [2.05, 4.69) is 20.9 Å². The molecule has 0 aliphatic heterocycles. The smallest absolute Gasteiger partial charge is 0.198 e. The van der Waals surface area contributed by atoms with Crippen LogP contribution in [0.3, 0.4) is 0 Å². The Morgan fingerprint density at radius 3 is 2.88 bits per heavy atom. The topological polar surface area (TPSA) is 43.1 Å². The molecule has 0 atom stereocenters. The van der Waals surface area contributed by atoms with Crippen molar-refractivity contribution in [3.63, 3.8) is 0 Å². The number of benzene rings is 1. The zero-order valence-corrected chi connectivity index (χ0v) is 11.0. The average Bonchev–Trinajstić information content (AvgIpc) is 2.68. The summed E-state index contributed by atoms with van der Waals surface area (Å²) in [7, 11) is 0. The normalized spacial score (nSPS) is 10.5. The fraction of sp³-hybridized carbons (Fsp3) is 0.231. The van der Waals surface area contributed by atoms with Crippen molar-refractivity contribution >= 4 is 21.7 Å². The molecule has 1 aromatic heterocycles. The minimum absolute atomic E-state index is 0.0774. The first-order chi connectivity index (χ1) is 8.15. The van der Waals surface area contributed by atoms with E-state index in [-0.39, 0.29) is 5.78 Å². The van der Waals surface area contributed by atoms with Crippen molar-refractivity contribution in [1.29, 1.82) is 0 Å². The van der Waals surface area contributed by atoms with Crippen LogP contribution in [-0.4, -0.2) is 10.8 Å². The molecule has 0 spiro atoms. The third-order valence-corrected chi connectivity index (χ3v) is 3.10. The summed E-state index contributed by atoms with van der Waals surface area (Å²) in [5.74, 6) is 1.33. The van der Waals surface area contributed by atoms with Crippen molar-refractivity contribution in [2.75, 3.05) is 0 Å². The summed E-state index contributed by atoms with van der Waals surface area (Å²) in [4.78, 5) is 15.1. The maximum Gasteiger partial charge on any atom is 0.198 e. The Morgan fingerprint density at radius 1 is 1.41 bits per heavy atom. The van der Waals surface area contributed by atoms with Gasteiger partial charge in [-0.2, -0.15) is 0 Å². The third-order valence-electron chi connectivity index (χ3n) is 2.32. The van der Waals surface area contributed by atoms with Gasteiger partial charge in [0.1, 0.15) is 11.5 Å². The largest absolute Gasteiger partial charge is 0.445 e. The van der Waals surface area contributed by atoms with Gasteiger partial charge in [-0.1, -0.05) is 34.1 Å². The van der Waals surface area contributed by atoms with Gasteiger partial charge >= 0.3 is 0 Å². The second-order valence-electron chi connectivity index (χ2n) is 3.87. The van der Waals surface area contributed by atoms with Crippen LogP contribution in [0.2, 0.25) is 0 Å². The molecule has 2 rings (SSSR count). The summed E-state index contributed by atoms with van der Waals surface area (Å²) in [6, 6.07) is 7.93. The summed E-state index contributed by atoms with van der Waals surface area (Å²) in [5, 5.41) is 0. The summed E-state index contributed by atoms with van der Waals surface area (Å²) in [6.45, 7) is 1.54. The van der Waals surface area contributed by atoms with E-state index >= 15 is 0 Å². The molecule has 2 aromatic rings. The number of ketones is 1. The van der Waals surface area contributed by atoms with Crippen molar-refractivity contribution in [2.45, 2.75) is 19.8 Å². The van der Waals surface area contributed by atoms with E-state index in [1.54, 1.807) is 6.20 Å². The fourth-order valence-electron chi connectivity index (χ4n) is 1.56. The van der Waals surface area contributed by atoms with Crippen LogP contribution in [0.25, 0.3) is 0 Å². The number of nitrogens with zero attached hydrogens (tertiary/aromatic N) is 1. The van der Waals surface area contributed by atoms with Crippen molar-refractivity contribution in [2.24, 2.45) is 0 Å². The zero-order valence-electron chi connectivity index (χ0n) is 9.44. The van der Waals surface area contributed by atoms with Gasteiger partial charge in [0.2, 0.25) is 0 Å². The highest BCUT2D eigenvalue weighted by atomic mass is 79.9. The summed E-state index contributed by atoms with van der Waals surface area (Å²) in [5.41, 5.74) is 1.11. The van der Waals surface area contributed by atoms with Crippen molar-refractivity contribution in [3.8, 4) is 0 Å². The lowest BCUT2D eigenvalue weighted by atomic mass is 10.1. The number of oxazole rings is 1. The number of carbonyl (C=O) groups excluding carboxylic acids is 1. The number of hydrogen-bond acceptors (Lipinski definition) is 3. The SMILES string of the molecule is CC(=O)Cc1cnc(Cc2ccccc2Br)o1. The minimum Gasteiger partial charge on any atom is -0.445 e. The van der Waals surface area contributed by atoms with E-state index in [1.165, 1.54) is 6.92 Å². The molecule has 0 saturated carbocycles. The number of aromatic nitrogens is 1. The Balaban J connectivity index is 2.12. The van der Waals surface area contributed by atoms with E-state index in [1.807, 2.05) is 24.3 Å². The quantitative estimate of drug-likeness (QED) is 0.870. The van der Waals surface area contributed by atoms with Gasteiger partial charge in [0.25, 0.3) is 0 Å². The molecular formula is C13H12BrNO2. The van der Waals surface area contributed by atoms with Crippen LogP contribution < -0.4 is 0 Å². The van der Waals surface area contributed by atoms with Gasteiger partial charge in [-0.15, -0.1) is 0 Å². The van der Waals surface area contributed by atoms with Crippen molar-refractivity contribution < 1.29 is 9.21 Å². The molecule has 0 aliphatic carbocycles. The van der Waals surface area contributed by atoms with Crippen LogP contribution >= 0.6 is 15.9 Å². The molecule has 88 valence electrons. The molecule has 17 heavy (non-hydrogen) atoms. The molecule has 0 radical (unpaired) electrons. The lowest BCUT2D eigenvalue weighted by Crippen LogP contribution is -1.93. The summed E-state index contributed by atoms with van der Waals surface area (Å²) in [6.07, 6.45) is 2.55. The predicted octanol–water partition coefficient (Wildman–Crippen LogP) is 3.16. The molecule has 0 N–H and O–H groups in total. The molecular weight excluding hydrogens is 282 g/mol. The molecule has 1 aromatic carbocycles. The second kappa shape index (κ2) is 5.27. The third kappa shape index (κ3) is 3.27. The lowest BCUT2D eigenvalue weighted by molar-refractivity contribution is -0.116. The highest BCUT2D eigenvalue weighted by Crippen LogP contribution is 2.19. The molecule has 0 fully saturated rings. The molecule has 0 amide bonds.